The monoisotopic (exact) mass is 365 g/mol. The molecule has 0 amide bonds. The number of nitrogens with zero attached hydrogens (tertiary/aromatic N) is 4. The van der Waals surface area contributed by atoms with E-state index < -0.39 is 0 Å². The molecule has 3 heterocycles. The van der Waals surface area contributed by atoms with E-state index in [0.29, 0.717) is 11.7 Å². The summed E-state index contributed by atoms with van der Waals surface area (Å²) in [5, 5.41) is 9.16. The number of aromatic nitrogens is 4. The third-order valence-electron chi connectivity index (χ3n) is 3.21. The molecule has 0 bridgehead atoms. The zero-order valence-electron chi connectivity index (χ0n) is 11.6. The van der Waals surface area contributed by atoms with Gasteiger partial charge in [0.2, 0.25) is 0 Å². The molecule has 0 atom stereocenters. The molecule has 7 heteroatoms. The molecule has 0 radical (unpaired) electrons. The Kier molecular flexibility index (Phi) is 3.82. The van der Waals surface area contributed by atoms with Crippen LogP contribution in [0, 0.1) is 6.92 Å². The molecule has 0 fully saturated rings. The number of anilines is 1. The van der Waals surface area contributed by atoms with E-state index in [-0.39, 0.29) is 0 Å². The molecule has 0 aliphatic heterocycles. The lowest BCUT2D eigenvalue weighted by molar-refractivity contribution is 0.773. The second-order valence-electron chi connectivity index (χ2n) is 4.77. The third kappa shape index (κ3) is 2.87. The molecular weight excluding hydrogens is 354 g/mol. The van der Waals surface area contributed by atoms with Crippen LogP contribution in [-0.4, -0.2) is 19.7 Å². The smallest absolute Gasteiger partial charge is 0.157 e. The summed E-state index contributed by atoms with van der Waals surface area (Å²) in [6.45, 7) is 2.60. The lowest BCUT2D eigenvalue weighted by Gasteiger charge is -2.08. The van der Waals surface area contributed by atoms with E-state index in [4.69, 9.17) is 11.6 Å². The van der Waals surface area contributed by atoms with Gasteiger partial charge in [-0.15, -0.1) is 0 Å². The Hall–Kier alpha value is -1.66. The van der Waals surface area contributed by atoms with Crippen molar-refractivity contribution in [3.8, 4) is 0 Å². The molecule has 0 aliphatic rings. The maximum atomic E-state index is 6.06. The zero-order chi connectivity index (χ0) is 15.0. The molecule has 3 rings (SSSR count). The van der Waals surface area contributed by atoms with Crippen molar-refractivity contribution in [2.24, 2.45) is 7.05 Å². The van der Waals surface area contributed by atoms with Crippen molar-refractivity contribution in [2.45, 2.75) is 13.5 Å². The molecule has 0 unspecified atom stereocenters. The van der Waals surface area contributed by atoms with Gasteiger partial charge >= 0.3 is 0 Å². The molecule has 3 aromatic heterocycles. The molecule has 0 saturated heterocycles. The van der Waals surface area contributed by atoms with Crippen LogP contribution in [0.25, 0.3) is 11.0 Å². The van der Waals surface area contributed by atoms with Crippen LogP contribution in [0.2, 0.25) is 5.15 Å². The van der Waals surface area contributed by atoms with Gasteiger partial charge in [-0.3, -0.25) is 4.68 Å². The van der Waals surface area contributed by atoms with Gasteiger partial charge < -0.3 is 5.32 Å². The number of hydrogen-bond acceptors (Lipinski definition) is 4. The molecule has 5 nitrogen and oxygen atoms in total. The summed E-state index contributed by atoms with van der Waals surface area (Å²) >= 11 is 9.45. The first-order valence-corrected chi connectivity index (χ1v) is 7.55. The molecule has 0 aromatic carbocycles. The van der Waals surface area contributed by atoms with E-state index >= 15 is 0 Å². The van der Waals surface area contributed by atoms with Crippen molar-refractivity contribution in [1.29, 1.82) is 0 Å². The Morgan fingerprint density at radius 3 is 2.90 bits per heavy atom. The Morgan fingerprint density at radius 2 is 2.10 bits per heavy atom. The molecular formula is C14H13BrClN5. The van der Waals surface area contributed by atoms with Crippen molar-refractivity contribution < 1.29 is 0 Å². The highest BCUT2D eigenvalue weighted by atomic mass is 79.9. The van der Waals surface area contributed by atoms with Gasteiger partial charge in [0, 0.05) is 35.8 Å². The minimum absolute atomic E-state index is 0.449. The number of aryl methyl sites for hydroxylation is 2. The quantitative estimate of drug-likeness (QED) is 0.718. The Morgan fingerprint density at radius 1 is 1.29 bits per heavy atom. The van der Waals surface area contributed by atoms with Gasteiger partial charge in [-0.25, -0.2) is 9.97 Å². The third-order valence-corrected chi connectivity index (χ3v) is 3.94. The van der Waals surface area contributed by atoms with E-state index in [9.17, 15) is 0 Å². The van der Waals surface area contributed by atoms with Crippen molar-refractivity contribution in [3.05, 3.63) is 45.4 Å². The molecule has 3 aromatic rings. The van der Waals surface area contributed by atoms with Gasteiger partial charge in [-0.1, -0.05) is 11.6 Å². The molecule has 0 spiro atoms. The standard InChI is InChI=1S/C14H13BrClN5/c1-8-11-3-9(6-19-14(11)21(2)20-8)5-17-12-4-10(15)7-18-13(12)16/h3-4,6-7,17H,5H2,1-2H3. The van der Waals surface area contributed by atoms with Gasteiger partial charge in [0.1, 0.15) is 0 Å². The summed E-state index contributed by atoms with van der Waals surface area (Å²) in [6, 6.07) is 3.99. The summed E-state index contributed by atoms with van der Waals surface area (Å²) < 4.78 is 2.67. The molecule has 1 N–H and O–H groups in total. The van der Waals surface area contributed by atoms with Crippen LogP contribution in [-0.2, 0) is 13.6 Å². The van der Waals surface area contributed by atoms with Crippen molar-refractivity contribution in [3.63, 3.8) is 0 Å². The zero-order valence-corrected chi connectivity index (χ0v) is 13.9. The van der Waals surface area contributed by atoms with Gasteiger partial charge in [-0.05, 0) is 40.5 Å². The topological polar surface area (TPSA) is 55.6 Å². The van der Waals surface area contributed by atoms with Crippen molar-refractivity contribution in [2.75, 3.05) is 5.32 Å². The number of pyridine rings is 2. The van der Waals surface area contributed by atoms with Crippen LogP contribution in [0.5, 0.6) is 0 Å². The van der Waals surface area contributed by atoms with Crippen molar-refractivity contribution >= 4 is 44.3 Å². The number of hydrogen-bond donors (Lipinski definition) is 1. The first kappa shape index (κ1) is 14.3. The first-order valence-electron chi connectivity index (χ1n) is 6.38. The predicted octanol–water partition coefficient (Wildman–Crippen LogP) is 3.70. The van der Waals surface area contributed by atoms with Crippen LogP contribution in [0.3, 0.4) is 0 Å². The largest absolute Gasteiger partial charge is 0.378 e. The van der Waals surface area contributed by atoms with Gasteiger partial charge in [0.05, 0.1) is 11.4 Å². The summed E-state index contributed by atoms with van der Waals surface area (Å²) in [5.41, 5.74) is 3.71. The van der Waals surface area contributed by atoms with Gasteiger partial charge in [0.15, 0.2) is 10.8 Å². The maximum absolute atomic E-state index is 6.06. The van der Waals surface area contributed by atoms with Gasteiger partial charge in [-0.2, -0.15) is 5.10 Å². The minimum Gasteiger partial charge on any atom is -0.378 e. The number of nitrogens with one attached hydrogen (secondary N) is 1. The maximum Gasteiger partial charge on any atom is 0.157 e. The second-order valence-corrected chi connectivity index (χ2v) is 6.04. The fourth-order valence-electron chi connectivity index (χ4n) is 2.19. The number of halogens is 2. The lowest BCUT2D eigenvalue weighted by atomic mass is 10.2. The summed E-state index contributed by atoms with van der Waals surface area (Å²) in [7, 11) is 1.90. The molecule has 108 valence electrons. The van der Waals surface area contributed by atoms with Crippen LogP contribution in [0.4, 0.5) is 5.69 Å². The fourth-order valence-corrected chi connectivity index (χ4v) is 2.69. The first-order chi connectivity index (χ1) is 10.0. The molecule has 0 aliphatic carbocycles. The summed E-state index contributed by atoms with van der Waals surface area (Å²) in [4.78, 5) is 8.54. The highest BCUT2D eigenvalue weighted by molar-refractivity contribution is 9.10. The van der Waals surface area contributed by atoms with E-state index in [1.165, 1.54) is 0 Å². The second kappa shape index (κ2) is 5.61. The highest BCUT2D eigenvalue weighted by Crippen LogP contribution is 2.24. The Balaban J connectivity index is 1.85. The van der Waals surface area contributed by atoms with Crippen LogP contribution >= 0.6 is 27.5 Å². The normalized spacial score (nSPS) is 11.0. The van der Waals surface area contributed by atoms with E-state index in [1.54, 1.807) is 10.9 Å². The average Bonchev–Trinajstić information content (AvgIpc) is 2.75. The number of fused-ring (bicyclic) bond motifs is 1. The van der Waals surface area contributed by atoms with Crippen LogP contribution < -0.4 is 5.32 Å². The van der Waals surface area contributed by atoms with Crippen molar-refractivity contribution in [1.82, 2.24) is 19.7 Å². The minimum atomic E-state index is 0.449. The fraction of sp³-hybridized carbons (Fsp3) is 0.214. The SMILES string of the molecule is Cc1nn(C)c2ncc(CNc3cc(Br)cnc3Cl)cc12. The molecule has 21 heavy (non-hydrogen) atoms. The summed E-state index contributed by atoms with van der Waals surface area (Å²) in [6.07, 6.45) is 3.51. The average molecular weight is 367 g/mol. The van der Waals surface area contributed by atoms with Crippen LogP contribution in [0.1, 0.15) is 11.3 Å². The number of rotatable bonds is 3. The Labute approximate surface area is 135 Å². The predicted molar refractivity (Wildman–Crippen MR) is 87.5 cm³/mol. The van der Waals surface area contributed by atoms with E-state index in [2.05, 4.69) is 42.4 Å². The highest BCUT2D eigenvalue weighted by Gasteiger charge is 2.08. The lowest BCUT2D eigenvalue weighted by Crippen LogP contribution is -2.01. The molecule has 0 saturated carbocycles. The van der Waals surface area contributed by atoms with E-state index in [0.717, 1.165) is 32.5 Å². The van der Waals surface area contributed by atoms with E-state index in [1.807, 2.05) is 26.2 Å². The Bertz CT molecular complexity index is 814. The summed E-state index contributed by atoms with van der Waals surface area (Å²) in [5.74, 6) is 0. The van der Waals surface area contributed by atoms with Gasteiger partial charge in [0.25, 0.3) is 0 Å². The van der Waals surface area contributed by atoms with Crippen LogP contribution in [0.15, 0.2) is 29.0 Å².